The van der Waals surface area contributed by atoms with Crippen molar-refractivity contribution in [1.82, 2.24) is 14.7 Å². The summed E-state index contributed by atoms with van der Waals surface area (Å²) in [5.74, 6) is 0.427. The van der Waals surface area contributed by atoms with Crippen LogP contribution in [0.2, 0.25) is 0 Å². The molecule has 0 unspecified atom stereocenters. The van der Waals surface area contributed by atoms with Crippen LogP contribution in [0.4, 0.5) is 4.39 Å². The van der Waals surface area contributed by atoms with Crippen molar-refractivity contribution < 1.29 is 9.18 Å². The van der Waals surface area contributed by atoms with Crippen LogP contribution in [0.3, 0.4) is 0 Å². The molecule has 0 radical (unpaired) electrons. The van der Waals surface area contributed by atoms with E-state index in [4.69, 9.17) is 0 Å². The lowest BCUT2D eigenvalue weighted by Crippen LogP contribution is -2.27. The van der Waals surface area contributed by atoms with E-state index in [2.05, 4.69) is 10.3 Å². The number of rotatable bonds is 7. The number of benzene rings is 1. The highest BCUT2D eigenvalue weighted by Crippen LogP contribution is 2.12. The molecule has 0 aliphatic carbocycles. The Morgan fingerprint density at radius 1 is 1.36 bits per heavy atom. The van der Waals surface area contributed by atoms with Gasteiger partial charge in [0, 0.05) is 29.9 Å². The normalized spacial score (nSPS) is 10.9. The third-order valence-electron chi connectivity index (χ3n) is 3.46. The van der Waals surface area contributed by atoms with Gasteiger partial charge in [0.05, 0.1) is 11.4 Å². The first-order valence-electron chi connectivity index (χ1n) is 7.66. The van der Waals surface area contributed by atoms with E-state index >= 15 is 0 Å². The Morgan fingerprint density at radius 2 is 2.24 bits per heavy atom. The van der Waals surface area contributed by atoms with Gasteiger partial charge >= 0.3 is 0 Å². The molecule has 3 rings (SSSR count). The minimum Gasteiger partial charge on any atom is -0.355 e. The molecule has 0 saturated carbocycles. The standard InChI is InChI=1S/C17H16FN3O2S2/c18-13-3-1-2-12(8-13)4-5-19-15(22)11-24-10-14-9-16(23)21-6-7-25-17(21)20-14/h1-3,6-9H,4-5,10-11H2,(H,19,22). The van der Waals surface area contributed by atoms with Gasteiger partial charge in [-0.1, -0.05) is 12.1 Å². The first-order chi connectivity index (χ1) is 12.1. The molecule has 0 aliphatic rings. The molecule has 1 amide bonds. The minimum absolute atomic E-state index is 0.0877. The lowest BCUT2D eigenvalue weighted by atomic mass is 10.1. The third kappa shape index (κ3) is 4.90. The number of amides is 1. The van der Waals surface area contributed by atoms with E-state index in [1.165, 1.54) is 45.7 Å². The minimum atomic E-state index is -0.273. The molecule has 5 nitrogen and oxygen atoms in total. The third-order valence-corrected chi connectivity index (χ3v) is 5.19. The number of aromatic nitrogens is 2. The Hall–Kier alpha value is -2.19. The predicted molar refractivity (Wildman–Crippen MR) is 98.6 cm³/mol. The zero-order valence-electron chi connectivity index (χ0n) is 13.3. The van der Waals surface area contributed by atoms with Crippen molar-refractivity contribution in [2.24, 2.45) is 0 Å². The van der Waals surface area contributed by atoms with Crippen molar-refractivity contribution in [3.05, 3.63) is 69.3 Å². The number of hydrogen-bond donors (Lipinski definition) is 1. The maximum Gasteiger partial charge on any atom is 0.258 e. The van der Waals surface area contributed by atoms with Crippen LogP contribution >= 0.6 is 23.1 Å². The van der Waals surface area contributed by atoms with Crippen molar-refractivity contribution in [2.75, 3.05) is 12.3 Å². The van der Waals surface area contributed by atoms with Crippen LogP contribution in [0, 0.1) is 5.82 Å². The molecule has 3 aromatic rings. The van der Waals surface area contributed by atoms with Crippen molar-refractivity contribution >= 4 is 34.0 Å². The second-order valence-corrected chi connectivity index (χ2v) is 7.22. The Bertz CT molecular complexity index is 939. The van der Waals surface area contributed by atoms with Crippen LogP contribution < -0.4 is 10.9 Å². The number of nitrogens with zero attached hydrogens (tertiary/aromatic N) is 2. The Kier molecular flexibility index (Phi) is 5.83. The Morgan fingerprint density at radius 3 is 3.08 bits per heavy atom. The van der Waals surface area contributed by atoms with Crippen molar-refractivity contribution in [3.8, 4) is 0 Å². The topological polar surface area (TPSA) is 63.5 Å². The van der Waals surface area contributed by atoms with Gasteiger partial charge in [0.1, 0.15) is 5.82 Å². The van der Waals surface area contributed by atoms with E-state index < -0.39 is 0 Å². The molecule has 2 heterocycles. The molecule has 0 spiro atoms. The molecule has 0 fully saturated rings. The summed E-state index contributed by atoms with van der Waals surface area (Å²) < 4.78 is 14.6. The maximum absolute atomic E-state index is 13.1. The summed E-state index contributed by atoms with van der Waals surface area (Å²) in [6, 6.07) is 7.84. The SMILES string of the molecule is O=C(CSCc1cc(=O)n2ccsc2n1)NCCc1cccc(F)c1. The smallest absolute Gasteiger partial charge is 0.258 e. The number of thioether (sulfide) groups is 1. The van der Waals surface area contributed by atoms with Crippen LogP contribution in [-0.2, 0) is 17.0 Å². The second kappa shape index (κ2) is 8.26. The van der Waals surface area contributed by atoms with Gasteiger partial charge in [0.25, 0.3) is 5.56 Å². The highest BCUT2D eigenvalue weighted by atomic mass is 32.2. The first kappa shape index (κ1) is 17.6. The fourth-order valence-corrected chi connectivity index (χ4v) is 3.79. The van der Waals surface area contributed by atoms with Gasteiger partial charge in [-0.2, -0.15) is 0 Å². The number of carbonyl (C=O) groups is 1. The molecular formula is C17H16FN3O2S2. The van der Waals surface area contributed by atoms with Gasteiger partial charge in [-0.15, -0.1) is 23.1 Å². The number of fused-ring (bicyclic) bond motifs is 1. The number of hydrogen-bond acceptors (Lipinski definition) is 5. The fourth-order valence-electron chi connectivity index (χ4n) is 2.30. The lowest BCUT2D eigenvalue weighted by molar-refractivity contribution is -0.118. The van der Waals surface area contributed by atoms with Gasteiger partial charge in [-0.25, -0.2) is 9.37 Å². The molecule has 130 valence electrons. The summed E-state index contributed by atoms with van der Waals surface area (Å²) in [4.78, 5) is 28.8. The van der Waals surface area contributed by atoms with E-state index in [0.29, 0.717) is 29.4 Å². The summed E-state index contributed by atoms with van der Waals surface area (Å²) in [6.07, 6.45) is 2.28. The maximum atomic E-state index is 13.1. The van der Waals surface area contributed by atoms with Crippen LogP contribution in [0.5, 0.6) is 0 Å². The number of thiazole rings is 1. The largest absolute Gasteiger partial charge is 0.355 e. The average Bonchev–Trinajstić information content (AvgIpc) is 3.04. The number of nitrogens with one attached hydrogen (secondary N) is 1. The molecule has 8 heteroatoms. The predicted octanol–water partition coefficient (Wildman–Crippen LogP) is 2.49. The zero-order valence-corrected chi connectivity index (χ0v) is 14.9. The van der Waals surface area contributed by atoms with Crippen molar-refractivity contribution in [3.63, 3.8) is 0 Å². The Labute approximate surface area is 151 Å². The van der Waals surface area contributed by atoms with Crippen LogP contribution in [0.1, 0.15) is 11.3 Å². The molecule has 1 N–H and O–H groups in total. The van der Waals surface area contributed by atoms with E-state index in [0.717, 1.165) is 5.56 Å². The van der Waals surface area contributed by atoms with E-state index in [-0.39, 0.29) is 23.0 Å². The van der Waals surface area contributed by atoms with Gasteiger partial charge in [0.2, 0.25) is 5.91 Å². The number of carbonyl (C=O) groups excluding carboxylic acids is 1. The van der Waals surface area contributed by atoms with Crippen molar-refractivity contribution in [1.29, 1.82) is 0 Å². The summed E-state index contributed by atoms with van der Waals surface area (Å²) in [7, 11) is 0. The highest BCUT2D eigenvalue weighted by molar-refractivity contribution is 7.99. The fraction of sp³-hybridized carbons (Fsp3) is 0.235. The molecule has 0 aliphatic heterocycles. The molecule has 2 aromatic heterocycles. The van der Waals surface area contributed by atoms with E-state index in [1.807, 2.05) is 11.4 Å². The summed E-state index contributed by atoms with van der Waals surface area (Å²) in [6.45, 7) is 0.462. The zero-order chi connectivity index (χ0) is 17.6. The average molecular weight is 377 g/mol. The highest BCUT2D eigenvalue weighted by Gasteiger charge is 2.06. The van der Waals surface area contributed by atoms with E-state index in [1.54, 1.807) is 12.3 Å². The van der Waals surface area contributed by atoms with Crippen molar-refractivity contribution in [2.45, 2.75) is 12.2 Å². The molecule has 0 saturated heterocycles. The van der Waals surface area contributed by atoms with Gasteiger partial charge < -0.3 is 5.32 Å². The molecule has 25 heavy (non-hydrogen) atoms. The second-order valence-electron chi connectivity index (χ2n) is 5.36. The van der Waals surface area contributed by atoms with Crippen LogP contribution in [0.15, 0.2) is 46.7 Å². The van der Waals surface area contributed by atoms with Crippen LogP contribution in [0.25, 0.3) is 4.96 Å². The first-order valence-corrected chi connectivity index (χ1v) is 9.70. The summed E-state index contributed by atoms with van der Waals surface area (Å²) in [5, 5.41) is 4.62. The molecule has 1 aromatic carbocycles. The summed E-state index contributed by atoms with van der Waals surface area (Å²) in [5.41, 5.74) is 1.41. The Balaban J connectivity index is 1.42. The molecular weight excluding hydrogens is 361 g/mol. The molecule has 0 atom stereocenters. The quantitative estimate of drug-likeness (QED) is 0.687. The monoisotopic (exact) mass is 377 g/mol. The number of halogens is 1. The van der Waals surface area contributed by atoms with Crippen LogP contribution in [-0.4, -0.2) is 27.6 Å². The van der Waals surface area contributed by atoms with Gasteiger partial charge in [-0.05, 0) is 24.1 Å². The van der Waals surface area contributed by atoms with Gasteiger partial charge in [0.15, 0.2) is 4.96 Å². The molecule has 0 bridgehead atoms. The summed E-state index contributed by atoms with van der Waals surface area (Å²) >= 11 is 2.81. The van der Waals surface area contributed by atoms with E-state index in [9.17, 15) is 14.0 Å². The van der Waals surface area contributed by atoms with Gasteiger partial charge in [-0.3, -0.25) is 14.0 Å². The lowest BCUT2D eigenvalue weighted by Gasteiger charge is -2.05.